The predicted molar refractivity (Wildman–Crippen MR) is 46.0 cm³/mol. The maximum atomic E-state index is 5.27. The van der Waals surface area contributed by atoms with Crippen LogP contribution in [0.3, 0.4) is 0 Å². The maximum Gasteiger partial charge on any atom is 0.173 e. The Morgan fingerprint density at radius 1 is 1.64 bits per heavy atom. The van der Waals surface area contributed by atoms with Crippen LogP contribution in [-0.4, -0.2) is 16.6 Å². The van der Waals surface area contributed by atoms with E-state index in [0.29, 0.717) is 17.4 Å². The molecule has 0 aromatic carbocycles. The maximum absolute atomic E-state index is 5.27. The van der Waals surface area contributed by atoms with Crippen LogP contribution in [0.5, 0.6) is 5.75 Å². The Labute approximate surface area is 69.4 Å². The summed E-state index contributed by atoms with van der Waals surface area (Å²) in [5, 5.41) is 2.96. The second-order valence-corrected chi connectivity index (χ2v) is 2.68. The zero-order valence-corrected chi connectivity index (χ0v) is 6.52. The molecule has 2 rings (SSSR count). The van der Waals surface area contributed by atoms with Crippen molar-refractivity contribution in [2.24, 2.45) is 0 Å². The van der Waals surface area contributed by atoms with Gasteiger partial charge in [-0.2, -0.15) is 0 Å². The van der Waals surface area contributed by atoms with Crippen LogP contribution in [0.2, 0.25) is 0 Å². The molecule has 0 saturated heterocycles. The number of nitrogens with zero attached hydrogens (tertiary/aromatic N) is 1. The molecule has 1 aliphatic heterocycles. The first-order valence-electron chi connectivity index (χ1n) is 3.24. The van der Waals surface area contributed by atoms with Crippen LogP contribution >= 0.6 is 12.2 Å². The molecule has 0 fully saturated rings. The Kier molecular flexibility index (Phi) is 1.47. The van der Waals surface area contributed by atoms with Crippen LogP contribution in [0, 0.1) is 0 Å². The van der Waals surface area contributed by atoms with Crippen LogP contribution < -0.4 is 10.1 Å². The summed E-state index contributed by atoms with van der Waals surface area (Å²) in [6.45, 7) is 0.452. The van der Waals surface area contributed by atoms with Crippen molar-refractivity contribution < 1.29 is 4.74 Å². The third-order valence-electron chi connectivity index (χ3n) is 1.39. The van der Waals surface area contributed by atoms with Gasteiger partial charge in [0.1, 0.15) is 11.6 Å². The fourth-order valence-electron chi connectivity index (χ4n) is 0.912. The molecule has 1 aromatic rings. The van der Waals surface area contributed by atoms with Gasteiger partial charge >= 0.3 is 0 Å². The number of anilines is 1. The molecule has 4 heteroatoms. The van der Waals surface area contributed by atoms with Gasteiger partial charge in [-0.05, 0) is 12.1 Å². The van der Waals surface area contributed by atoms with Crippen LogP contribution in [0.25, 0.3) is 0 Å². The van der Waals surface area contributed by atoms with E-state index >= 15 is 0 Å². The lowest BCUT2D eigenvalue weighted by Crippen LogP contribution is -2.24. The van der Waals surface area contributed by atoms with Crippen molar-refractivity contribution >= 4 is 23.0 Å². The molecule has 11 heavy (non-hydrogen) atoms. The summed E-state index contributed by atoms with van der Waals surface area (Å²) in [6, 6.07) is 3.69. The second kappa shape index (κ2) is 2.47. The first-order valence-corrected chi connectivity index (χ1v) is 3.65. The van der Waals surface area contributed by atoms with Crippen molar-refractivity contribution in [2.45, 2.75) is 0 Å². The highest BCUT2D eigenvalue weighted by Gasteiger charge is 2.12. The number of hydrogen-bond donors (Lipinski definition) is 1. The fraction of sp³-hybridized carbons (Fsp3) is 0.143. The first kappa shape index (κ1) is 6.54. The van der Waals surface area contributed by atoms with Crippen molar-refractivity contribution in [2.75, 3.05) is 11.9 Å². The quantitative estimate of drug-likeness (QED) is 0.587. The summed E-state index contributed by atoms with van der Waals surface area (Å²) in [6.07, 6.45) is 1.70. The van der Waals surface area contributed by atoms with E-state index in [4.69, 9.17) is 17.0 Å². The number of thiocarbonyl (C=S) groups is 1. The highest BCUT2D eigenvalue weighted by Crippen LogP contribution is 2.23. The molecule has 0 unspecified atom stereocenters. The van der Waals surface area contributed by atoms with Gasteiger partial charge in [-0.25, -0.2) is 4.98 Å². The van der Waals surface area contributed by atoms with Crippen LogP contribution in [-0.2, 0) is 0 Å². The monoisotopic (exact) mass is 166 g/mol. The van der Waals surface area contributed by atoms with E-state index in [1.54, 1.807) is 6.20 Å². The number of nitrogens with one attached hydrogen (secondary N) is 1. The minimum absolute atomic E-state index is 0.452. The molecule has 0 saturated carbocycles. The van der Waals surface area contributed by atoms with Gasteiger partial charge in [-0.1, -0.05) is 12.2 Å². The van der Waals surface area contributed by atoms with Crippen LogP contribution in [0.1, 0.15) is 0 Å². The lowest BCUT2D eigenvalue weighted by atomic mass is 10.4. The van der Waals surface area contributed by atoms with Gasteiger partial charge in [-0.15, -0.1) is 0 Å². The molecule has 0 spiro atoms. The third kappa shape index (κ3) is 1.17. The minimum Gasteiger partial charge on any atom is -0.483 e. The Balaban J connectivity index is 2.41. The average molecular weight is 166 g/mol. The Hall–Kier alpha value is -1.16. The summed E-state index contributed by atoms with van der Waals surface area (Å²) >= 11 is 4.91. The Morgan fingerprint density at radius 3 is 3.45 bits per heavy atom. The molecule has 3 nitrogen and oxygen atoms in total. The molecule has 1 aromatic heterocycles. The molecule has 56 valence electrons. The normalized spacial score (nSPS) is 14.7. The smallest absolute Gasteiger partial charge is 0.173 e. The van der Waals surface area contributed by atoms with Crippen molar-refractivity contribution in [3.05, 3.63) is 18.3 Å². The molecule has 0 bridgehead atoms. The van der Waals surface area contributed by atoms with Crippen LogP contribution in [0.4, 0.5) is 5.82 Å². The SMILES string of the molecule is S=C1COc2cccnc2N1. The summed E-state index contributed by atoms with van der Waals surface area (Å²) in [5.41, 5.74) is 0. The third-order valence-corrected chi connectivity index (χ3v) is 1.61. The summed E-state index contributed by atoms with van der Waals surface area (Å²) in [5.74, 6) is 1.48. The van der Waals surface area contributed by atoms with Gasteiger partial charge in [-0.3, -0.25) is 0 Å². The standard InChI is InChI=1S/C7H6N2OS/c11-6-4-10-5-2-1-3-8-7(5)9-6/h1-3H,4H2,(H,8,9,11). The van der Waals surface area contributed by atoms with Crippen molar-refractivity contribution in [1.82, 2.24) is 4.98 Å². The van der Waals surface area contributed by atoms with Gasteiger partial charge in [0, 0.05) is 6.20 Å². The van der Waals surface area contributed by atoms with E-state index in [-0.39, 0.29) is 0 Å². The summed E-state index contributed by atoms with van der Waals surface area (Å²) < 4.78 is 5.27. The molecule has 1 N–H and O–H groups in total. The molecular formula is C7H6N2OS. The molecule has 2 heterocycles. The molecule has 0 atom stereocenters. The van der Waals surface area contributed by atoms with Gasteiger partial charge in [0.05, 0.1) is 0 Å². The number of fused-ring (bicyclic) bond motifs is 1. The van der Waals surface area contributed by atoms with E-state index in [1.165, 1.54) is 0 Å². The zero-order valence-electron chi connectivity index (χ0n) is 5.70. The molecule has 0 aliphatic carbocycles. The fourth-order valence-corrected chi connectivity index (χ4v) is 1.07. The number of aromatic nitrogens is 1. The van der Waals surface area contributed by atoms with Crippen LogP contribution in [0.15, 0.2) is 18.3 Å². The lowest BCUT2D eigenvalue weighted by molar-refractivity contribution is 0.373. The number of ether oxygens (including phenoxy) is 1. The van der Waals surface area contributed by atoms with E-state index < -0.39 is 0 Å². The Morgan fingerprint density at radius 2 is 2.55 bits per heavy atom. The zero-order chi connectivity index (χ0) is 7.68. The average Bonchev–Trinajstić information content (AvgIpc) is 2.04. The number of pyridine rings is 1. The van der Waals surface area contributed by atoms with E-state index in [0.717, 1.165) is 5.75 Å². The highest BCUT2D eigenvalue weighted by atomic mass is 32.1. The second-order valence-electron chi connectivity index (χ2n) is 2.19. The predicted octanol–water partition coefficient (Wildman–Crippen LogP) is 1.21. The summed E-state index contributed by atoms with van der Waals surface area (Å²) in [4.78, 5) is 4.72. The number of hydrogen-bond acceptors (Lipinski definition) is 3. The molecular weight excluding hydrogens is 160 g/mol. The Bertz CT molecular complexity index is 300. The van der Waals surface area contributed by atoms with Gasteiger partial charge in [0.15, 0.2) is 11.6 Å². The minimum atomic E-state index is 0.452. The first-order chi connectivity index (χ1) is 5.36. The molecule has 1 aliphatic rings. The number of rotatable bonds is 0. The molecule has 0 amide bonds. The van der Waals surface area contributed by atoms with E-state index in [2.05, 4.69) is 10.3 Å². The molecule has 0 radical (unpaired) electrons. The van der Waals surface area contributed by atoms with Gasteiger partial charge in [0.25, 0.3) is 0 Å². The van der Waals surface area contributed by atoms with Crippen molar-refractivity contribution in [3.63, 3.8) is 0 Å². The highest BCUT2D eigenvalue weighted by molar-refractivity contribution is 7.80. The van der Waals surface area contributed by atoms with Crippen molar-refractivity contribution in [1.29, 1.82) is 0 Å². The summed E-state index contributed by atoms with van der Waals surface area (Å²) in [7, 11) is 0. The lowest BCUT2D eigenvalue weighted by Gasteiger charge is -2.17. The van der Waals surface area contributed by atoms with E-state index in [1.807, 2.05) is 12.1 Å². The van der Waals surface area contributed by atoms with Gasteiger partial charge in [0.2, 0.25) is 0 Å². The van der Waals surface area contributed by atoms with Gasteiger partial charge < -0.3 is 10.1 Å². The topological polar surface area (TPSA) is 34.1 Å². The van der Waals surface area contributed by atoms with Crippen molar-refractivity contribution in [3.8, 4) is 5.75 Å². The van der Waals surface area contributed by atoms with E-state index in [9.17, 15) is 0 Å². The largest absolute Gasteiger partial charge is 0.483 e.